The highest BCUT2D eigenvalue weighted by atomic mass is 32.2. The standard InChI is InChI=1S/C21H24N4O4S/c1-14-4-3-5-18(15(14)2)24-8-10-25(11-9-24)30(26,27)19-12-17(13-28-19)21-23-22-20(29-21)16-6-7-16/h3-5,12-13,16H,6-11H2,1-2H3. The first-order valence-corrected chi connectivity index (χ1v) is 11.6. The third-order valence-electron chi connectivity index (χ3n) is 5.94. The topological polar surface area (TPSA) is 92.7 Å². The number of hydrogen-bond acceptors (Lipinski definition) is 7. The Labute approximate surface area is 175 Å². The first kappa shape index (κ1) is 19.3. The van der Waals surface area contributed by atoms with Crippen LogP contribution in [0.25, 0.3) is 11.5 Å². The second kappa shape index (κ2) is 7.24. The third-order valence-corrected chi connectivity index (χ3v) is 7.71. The van der Waals surface area contributed by atoms with Crippen LogP contribution < -0.4 is 4.90 Å². The molecule has 158 valence electrons. The molecule has 2 aromatic heterocycles. The summed E-state index contributed by atoms with van der Waals surface area (Å²) >= 11 is 0. The molecule has 9 heteroatoms. The van der Waals surface area contributed by atoms with Gasteiger partial charge in [0.25, 0.3) is 15.9 Å². The van der Waals surface area contributed by atoms with Gasteiger partial charge in [-0.15, -0.1) is 10.2 Å². The number of hydrogen-bond donors (Lipinski definition) is 0. The van der Waals surface area contributed by atoms with Gasteiger partial charge in [0.05, 0.1) is 5.56 Å². The largest absolute Gasteiger partial charge is 0.451 e. The van der Waals surface area contributed by atoms with Crippen LogP contribution in [-0.4, -0.2) is 49.1 Å². The summed E-state index contributed by atoms with van der Waals surface area (Å²) in [6.45, 7) is 6.25. The molecular weight excluding hydrogens is 404 g/mol. The summed E-state index contributed by atoms with van der Waals surface area (Å²) in [7, 11) is -3.72. The van der Waals surface area contributed by atoms with Crippen molar-refractivity contribution in [2.75, 3.05) is 31.1 Å². The second-order valence-electron chi connectivity index (χ2n) is 7.98. The molecule has 2 fully saturated rings. The van der Waals surface area contributed by atoms with Crippen molar-refractivity contribution in [2.45, 2.75) is 37.7 Å². The fraction of sp³-hybridized carbons (Fsp3) is 0.429. The molecular formula is C21H24N4O4S. The van der Waals surface area contributed by atoms with Crippen molar-refractivity contribution in [3.05, 3.63) is 47.5 Å². The number of nitrogens with zero attached hydrogens (tertiary/aromatic N) is 4. The number of anilines is 1. The zero-order chi connectivity index (χ0) is 20.9. The minimum Gasteiger partial charge on any atom is -0.451 e. The van der Waals surface area contributed by atoms with Crippen molar-refractivity contribution >= 4 is 15.7 Å². The number of benzene rings is 1. The van der Waals surface area contributed by atoms with Crippen molar-refractivity contribution in [2.24, 2.45) is 0 Å². The Balaban J connectivity index is 1.30. The van der Waals surface area contributed by atoms with E-state index in [4.69, 9.17) is 8.83 Å². The maximum Gasteiger partial charge on any atom is 0.276 e. The maximum atomic E-state index is 13.1. The van der Waals surface area contributed by atoms with Crippen LogP contribution >= 0.6 is 0 Å². The Morgan fingerprint density at radius 1 is 1.07 bits per heavy atom. The van der Waals surface area contributed by atoms with E-state index in [1.54, 1.807) is 0 Å². The molecule has 1 saturated heterocycles. The summed E-state index contributed by atoms with van der Waals surface area (Å²) in [4.78, 5) is 2.24. The van der Waals surface area contributed by atoms with Gasteiger partial charge < -0.3 is 13.7 Å². The van der Waals surface area contributed by atoms with Gasteiger partial charge >= 0.3 is 0 Å². The van der Waals surface area contributed by atoms with Crippen LogP contribution in [0.15, 0.2) is 44.5 Å². The quantitative estimate of drug-likeness (QED) is 0.615. The molecule has 2 aliphatic rings. The highest BCUT2D eigenvalue weighted by Crippen LogP contribution is 2.40. The minimum atomic E-state index is -3.72. The minimum absolute atomic E-state index is 0.0936. The number of piperazine rings is 1. The van der Waals surface area contributed by atoms with E-state index < -0.39 is 10.0 Å². The van der Waals surface area contributed by atoms with E-state index in [1.807, 2.05) is 6.07 Å². The van der Waals surface area contributed by atoms with Crippen LogP contribution in [0.3, 0.4) is 0 Å². The molecule has 5 rings (SSSR count). The molecule has 0 unspecified atom stereocenters. The van der Waals surface area contributed by atoms with Crippen molar-refractivity contribution in [3.63, 3.8) is 0 Å². The Morgan fingerprint density at radius 2 is 1.83 bits per heavy atom. The van der Waals surface area contributed by atoms with E-state index >= 15 is 0 Å². The Bertz CT molecular complexity index is 1170. The van der Waals surface area contributed by atoms with Gasteiger partial charge in [0, 0.05) is 43.9 Å². The molecule has 1 saturated carbocycles. The first-order valence-electron chi connectivity index (χ1n) is 10.2. The van der Waals surface area contributed by atoms with Gasteiger partial charge in [-0.3, -0.25) is 0 Å². The Kier molecular flexibility index (Phi) is 4.67. The molecule has 1 aliphatic carbocycles. The molecule has 0 atom stereocenters. The van der Waals surface area contributed by atoms with Gasteiger partial charge in [-0.05, 0) is 43.9 Å². The fourth-order valence-electron chi connectivity index (χ4n) is 3.79. The van der Waals surface area contributed by atoms with E-state index in [0.717, 1.165) is 18.5 Å². The van der Waals surface area contributed by atoms with Crippen molar-refractivity contribution in [3.8, 4) is 11.5 Å². The van der Waals surface area contributed by atoms with Crippen LogP contribution in [-0.2, 0) is 10.0 Å². The monoisotopic (exact) mass is 428 g/mol. The molecule has 30 heavy (non-hydrogen) atoms. The van der Waals surface area contributed by atoms with Crippen LogP contribution in [0.2, 0.25) is 0 Å². The van der Waals surface area contributed by atoms with Crippen molar-refractivity contribution in [1.29, 1.82) is 0 Å². The summed E-state index contributed by atoms with van der Waals surface area (Å²) in [5.41, 5.74) is 4.11. The predicted molar refractivity (Wildman–Crippen MR) is 111 cm³/mol. The Morgan fingerprint density at radius 3 is 2.57 bits per heavy atom. The molecule has 3 aromatic rings. The summed E-state index contributed by atoms with van der Waals surface area (Å²) in [5.74, 6) is 1.25. The number of rotatable bonds is 5. The molecule has 0 amide bonds. The van der Waals surface area contributed by atoms with Crippen molar-refractivity contribution in [1.82, 2.24) is 14.5 Å². The number of furan rings is 1. The van der Waals surface area contributed by atoms with Gasteiger partial charge in [0.15, 0.2) is 0 Å². The molecule has 1 aromatic carbocycles. The molecule has 1 aliphatic heterocycles. The average molecular weight is 429 g/mol. The van der Waals surface area contributed by atoms with Crippen LogP contribution in [0.5, 0.6) is 0 Å². The summed E-state index contributed by atoms with van der Waals surface area (Å²) in [6, 6.07) is 7.69. The lowest BCUT2D eigenvalue weighted by atomic mass is 10.1. The predicted octanol–water partition coefficient (Wildman–Crippen LogP) is 3.33. The van der Waals surface area contributed by atoms with Gasteiger partial charge in [0.2, 0.25) is 11.0 Å². The lowest BCUT2D eigenvalue weighted by molar-refractivity contribution is 0.361. The summed E-state index contributed by atoms with van der Waals surface area (Å²) < 4.78 is 38.7. The second-order valence-corrected chi connectivity index (χ2v) is 9.85. The lowest BCUT2D eigenvalue weighted by Crippen LogP contribution is -2.48. The lowest BCUT2D eigenvalue weighted by Gasteiger charge is -2.35. The smallest absolute Gasteiger partial charge is 0.276 e. The molecule has 0 N–H and O–H groups in total. The van der Waals surface area contributed by atoms with E-state index in [-0.39, 0.29) is 5.09 Å². The molecule has 0 radical (unpaired) electrons. The number of aryl methyl sites for hydroxylation is 1. The number of aromatic nitrogens is 2. The zero-order valence-electron chi connectivity index (χ0n) is 17.0. The van der Waals surface area contributed by atoms with Gasteiger partial charge in [-0.2, -0.15) is 4.31 Å². The first-order chi connectivity index (χ1) is 14.4. The van der Waals surface area contributed by atoms with Gasteiger partial charge in [-0.1, -0.05) is 12.1 Å². The van der Waals surface area contributed by atoms with Crippen molar-refractivity contribution < 1.29 is 17.3 Å². The van der Waals surface area contributed by atoms with Crippen LogP contribution in [0.1, 0.15) is 35.8 Å². The summed E-state index contributed by atoms with van der Waals surface area (Å²) in [6.07, 6.45) is 3.48. The summed E-state index contributed by atoms with van der Waals surface area (Å²) in [5, 5.41) is 7.97. The van der Waals surface area contributed by atoms with E-state index in [0.29, 0.717) is 49.4 Å². The Hall–Kier alpha value is -2.65. The highest BCUT2D eigenvalue weighted by Gasteiger charge is 2.33. The van der Waals surface area contributed by atoms with Gasteiger partial charge in [-0.25, -0.2) is 8.42 Å². The van der Waals surface area contributed by atoms with E-state index in [1.165, 1.54) is 27.8 Å². The van der Waals surface area contributed by atoms with Gasteiger partial charge in [0.1, 0.15) is 6.26 Å². The SMILES string of the molecule is Cc1cccc(N2CCN(S(=O)(=O)c3cc(-c4nnc(C5CC5)o4)co3)CC2)c1C. The molecule has 3 heterocycles. The number of sulfonamides is 1. The fourth-order valence-corrected chi connectivity index (χ4v) is 5.13. The molecule has 0 spiro atoms. The van der Waals surface area contributed by atoms with E-state index in [2.05, 4.69) is 41.1 Å². The highest BCUT2D eigenvalue weighted by molar-refractivity contribution is 7.89. The third kappa shape index (κ3) is 3.41. The molecule has 8 nitrogen and oxygen atoms in total. The van der Waals surface area contributed by atoms with Crippen LogP contribution in [0, 0.1) is 13.8 Å². The van der Waals surface area contributed by atoms with Crippen LogP contribution in [0.4, 0.5) is 5.69 Å². The average Bonchev–Trinajstić information content (AvgIpc) is 3.26. The maximum absolute atomic E-state index is 13.1. The molecule has 0 bridgehead atoms. The normalized spacial score (nSPS) is 18.1. The zero-order valence-corrected chi connectivity index (χ0v) is 17.9. The van der Waals surface area contributed by atoms with E-state index in [9.17, 15) is 8.42 Å².